The number of aliphatic hydroxyl groups excluding tert-OH is 1. The minimum atomic E-state index is -1.32. The highest BCUT2D eigenvalue weighted by atomic mass is 19.1. The van der Waals surface area contributed by atoms with Gasteiger partial charge in [0, 0.05) is 36.6 Å². The summed E-state index contributed by atoms with van der Waals surface area (Å²) in [5, 5.41) is 22.5. The maximum atomic E-state index is 14.5. The van der Waals surface area contributed by atoms with E-state index in [-0.39, 0.29) is 43.1 Å². The Bertz CT molecular complexity index is 1110. The average molecular weight is 426 g/mol. The van der Waals surface area contributed by atoms with Crippen LogP contribution < -0.4 is 9.63 Å². The van der Waals surface area contributed by atoms with Crippen molar-refractivity contribution in [3.8, 4) is 11.3 Å². The molecule has 2 heterocycles. The number of cyclic esters (lactones) is 1. The molecule has 2 aromatic carbocycles. The van der Waals surface area contributed by atoms with Crippen LogP contribution in [0.4, 0.5) is 19.4 Å². The highest BCUT2D eigenvalue weighted by Gasteiger charge is 2.47. The van der Waals surface area contributed by atoms with E-state index in [0.717, 1.165) is 0 Å². The summed E-state index contributed by atoms with van der Waals surface area (Å²) in [5.41, 5.74) is -0.404. The van der Waals surface area contributed by atoms with Gasteiger partial charge in [-0.2, -0.15) is 9.69 Å². The van der Waals surface area contributed by atoms with Gasteiger partial charge in [0.25, 0.3) is 5.82 Å². The first-order chi connectivity index (χ1) is 14.9. The number of nitrogens with zero attached hydrogens (tertiary/aromatic N) is 2. The standard InChI is InChI=1S/C23H20F2N2O4/c24-17-10-8-16(9-11-17)20-6-3-7-21(27(20)30)26-14-12-23(13-15-28,31-22(26)29)18-4-1-2-5-19(18)25/h1-11,28H,12-15H2. The van der Waals surface area contributed by atoms with Crippen LogP contribution >= 0.6 is 0 Å². The monoisotopic (exact) mass is 426 g/mol. The van der Waals surface area contributed by atoms with E-state index in [9.17, 15) is 23.9 Å². The molecule has 4 rings (SSSR count). The van der Waals surface area contributed by atoms with Gasteiger partial charge < -0.3 is 15.1 Å². The lowest BCUT2D eigenvalue weighted by molar-refractivity contribution is -0.580. The number of halogens is 2. The molecule has 0 saturated carbocycles. The van der Waals surface area contributed by atoms with E-state index >= 15 is 0 Å². The molecule has 1 aliphatic rings. The number of aromatic nitrogens is 1. The number of carbonyl (C=O) groups excluding carboxylic acids is 1. The summed E-state index contributed by atoms with van der Waals surface area (Å²) >= 11 is 0. The van der Waals surface area contributed by atoms with E-state index in [4.69, 9.17) is 4.74 Å². The molecule has 3 aromatic rings. The average Bonchev–Trinajstić information content (AvgIpc) is 2.76. The molecular weight excluding hydrogens is 406 g/mol. The van der Waals surface area contributed by atoms with Gasteiger partial charge in [-0.05, 0) is 42.5 Å². The molecule has 0 aliphatic carbocycles. The first kappa shape index (κ1) is 20.7. The number of hydrogen-bond acceptors (Lipinski definition) is 4. The Hall–Kier alpha value is -3.52. The number of anilines is 1. The number of rotatable bonds is 5. The zero-order chi connectivity index (χ0) is 22.0. The largest absolute Gasteiger partial charge is 0.710 e. The van der Waals surface area contributed by atoms with E-state index in [0.29, 0.717) is 10.3 Å². The molecule has 1 N–H and O–H groups in total. The van der Waals surface area contributed by atoms with Crippen molar-refractivity contribution in [2.75, 3.05) is 18.1 Å². The quantitative estimate of drug-likeness (QED) is 0.496. The van der Waals surface area contributed by atoms with E-state index in [2.05, 4.69) is 0 Å². The first-order valence-electron chi connectivity index (χ1n) is 9.80. The predicted octanol–water partition coefficient (Wildman–Crippen LogP) is 3.89. The van der Waals surface area contributed by atoms with Crippen molar-refractivity contribution in [2.45, 2.75) is 18.4 Å². The van der Waals surface area contributed by atoms with Gasteiger partial charge in [-0.1, -0.05) is 18.2 Å². The summed E-state index contributed by atoms with van der Waals surface area (Å²) in [5.74, 6) is -0.919. The lowest BCUT2D eigenvalue weighted by Gasteiger charge is -2.38. The second-order valence-electron chi connectivity index (χ2n) is 7.29. The van der Waals surface area contributed by atoms with Crippen molar-refractivity contribution in [1.29, 1.82) is 0 Å². The molecule has 1 aliphatic heterocycles. The van der Waals surface area contributed by atoms with E-state index < -0.39 is 23.3 Å². The molecule has 31 heavy (non-hydrogen) atoms. The van der Waals surface area contributed by atoms with Crippen molar-refractivity contribution in [3.05, 3.63) is 89.1 Å². The minimum Gasteiger partial charge on any atom is -0.710 e. The van der Waals surface area contributed by atoms with Crippen LogP contribution in [0.3, 0.4) is 0 Å². The number of hydrogen-bond donors (Lipinski definition) is 1. The van der Waals surface area contributed by atoms with E-state index in [1.165, 1.54) is 53.4 Å². The van der Waals surface area contributed by atoms with Crippen molar-refractivity contribution in [1.82, 2.24) is 0 Å². The fourth-order valence-electron chi connectivity index (χ4n) is 3.89. The van der Waals surface area contributed by atoms with Crippen molar-refractivity contribution >= 4 is 11.9 Å². The van der Waals surface area contributed by atoms with Crippen LogP contribution in [-0.2, 0) is 10.3 Å². The van der Waals surface area contributed by atoms with Gasteiger partial charge in [-0.3, -0.25) is 0 Å². The van der Waals surface area contributed by atoms with Gasteiger partial charge in [-0.15, -0.1) is 0 Å². The van der Waals surface area contributed by atoms with Crippen LogP contribution in [0.1, 0.15) is 18.4 Å². The topological polar surface area (TPSA) is 76.7 Å². The fourth-order valence-corrected chi connectivity index (χ4v) is 3.89. The Morgan fingerprint density at radius 2 is 1.81 bits per heavy atom. The van der Waals surface area contributed by atoms with Gasteiger partial charge in [0.15, 0.2) is 0 Å². The number of carbonyl (C=O) groups is 1. The molecule has 0 radical (unpaired) electrons. The molecule has 160 valence electrons. The second-order valence-corrected chi connectivity index (χ2v) is 7.29. The molecule has 1 fully saturated rings. The number of ether oxygens (including phenoxy) is 1. The van der Waals surface area contributed by atoms with Crippen LogP contribution in [-0.4, -0.2) is 24.4 Å². The summed E-state index contributed by atoms with van der Waals surface area (Å²) in [6.45, 7) is -0.217. The van der Waals surface area contributed by atoms with Gasteiger partial charge in [0.1, 0.15) is 29.5 Å². The molecule has 1 amide bonds. The molecular formula is C23H20F2N2O4. The number of amides is 1. The van der Waals surface area contributed by atoms with Gasteiger partial charge in [0.2, 0.25) is 0 Å². The highest BCUT2D eigenvalue weighted by Crippen LogP contribution is 2.39. The summed E-state index contributed by atoms with van der Waals surface area (Å²) in [6.07, 6.45) is -0.606. The van der Waals surface area contributed by atoms with Crippen molar-refractivity contribution in [2.24, 2.45) is 0 Å². The second kappa shape index (κ2) is 8.31. The fraction of sp³-hybridized carbons (Fsp3) is 0.217. The molecule has 0 spiro atoms. The minimum absolute atomic E-state index is 0.0283. The molecule has 1 saturated heterocycles. The Kier molecular flexibility index (Phi) is 5.56. The third-order valence-electron chi connectivity index (χ3n) is 5.47. The normalized spacial score (nSPS) is 18.7. The molecule has 1 unspecified atom stereocenters. The molecule has 0 bridgehead atoms. The van der Waals surface area contributed by atoms with Crippen LogP contribution in [0.5, 0.6) is 0 Å². The summed E-state index contributed by atoms with van der Waals surface area (Å²) in [7, 11) is 0. The molecule has 6 nitrogen and oxygen atoms in total. The van der Waals surface area contributed by atoms with Crippen LogP contribution in [0.2, 0.25) is 0 Å². The lowest BCUT2D eigenvalue weighted by Crippen LogP contribution is -2.52. The molecule has 8 heteroatoms. The number of aliphatic hydroxyl groups is 1. The smallest absolute Gasteiger partial charge is 0.508 e. The van der Waals surface area contributed by atoms with Crippen LogP contribution in [0.25, 0.3) is 11.3 Å². The SMILES string of the molecule is O=C1OC(CCO)(c2ccccc2F)CCN1c1cccc(-c2ccc(F)cc2)[n+]1[O-]. The Morgan fingerprint density at radius 1 is 1.06 bits per heavy atom. The van der Waals surface area contributed by atoms with E-state index in [1.807, 2.05) is 0 Å². The van der Waals surface area contributed by atoms with Crippen LogP contribution in [0, 0.1) is 16.8 Å². The zero-order valence-electron chi connectivity index (χ0n) is 16.5. The third kappa shape index (κ3) is 3.82. The predicted molar refractivity (Wildman–Crippen MR) is 109 cm³/mol. The lowest BCUT2D eigenvalue weighted by atomic mass is 9.85. The van der Waals surface area contributed by atoms with Gasteiger partial charge in [-0.25, -0.2) is 13.5 Å². The van der Waals surface area contributed by atoms with Crippen LogP contribution in [0.15, 0.2) is 66.7 Å². The summed E-state index contributed by atoms with van der Waals surface area (Å²) in [6, 6.07) is 16.1. The zero-order valence-corrected chi connectivity index (χ0v) is 16.5. The Morgan fingerprint density at radius 3 is 2.48 bits per heavy atom. The van der Waals surface area contributed by atoms with Gasteiger partial charge >= 0.3 is 6.09 Å². The first-order valence-corrected chi connectivity index (χ1v) is 9.80. The van der Waals surface area contributed by atoms with E-state index in [1.54, 1.807) is 18.2 Å². The van der Waals surface area contributed by atoms with Crippen molar-refractivity contribution in [3.63, 3.8) is 0 Å². The number of pyridine rings is 1. The maximum Gasteiger partial charge on any atom is 0.508 e. The van der Waals surface area contributed by atoms with Gasteiger partial charge in [0.05, 0.1) is 0 Å². The maximum absolute atomic E-state index is 14.5. The third-order valence-corrected chi connectivity index (χ3v) is 5.47. The highest BCUT2D eigenvalue weighted by molar-refractivity contribution is 5.87. The Labute approximate surface area is 177 Å². The molecule has 1 aromatic heterocycles. The molecule has 1 atom stereocenters. The Balaban J connectivity index is 1.66. The summed E-state index contributed by atoms with van der Waals surface area (Å²) in [4.78, 5) is 14.1. The summed E-state index contributed by atoms with van der Waals surface area (Å²) < 4.78 is 33.9. The number of benzene rings is 2. The van der Waals surface area contributed by atoms with Crippen molar-refractivity contribution < 1.29 is 28.1 Å².